The number of methoxy groups -OCH3 is 1. The van der Waals surface area contributed by atoms with Crippen molar-refractivity contribution in [2.75, 3.05) is 39.2 Å². The molecule has 0 radical (unpaired) electrons. The summed E-state index contributed by atoms with van der Waals surface area (Å²) in [5.41, 5.74) is 0. The summed E-state index contributed by atoms with van der Waals surface area (Å²) in [7, 11) is -1.89. The van der Waals surface area contributed by atoms with Crippen molar-refractivity contribution in [1.82, 2.24) is 4.31 Å². The third-order valence-corrected chi connectivity index (χ3v) is 3.42. The van der Waals surface area contributed by atoms with Crippen LogP contribution in [0.2, 0.25) is 0 Å². The molecule has 0 aromatic rings. The van der Waals surface area contributed by atoms with Gasteiger partial charge in [0.05, 0.1) is 19.0 Å². The maximum Gasteiger partial charge on any atom is 0.216 e. The Labute approximate surface area is 85.0 Å². The fourth-order valence-electron chi connectivity index (χ4n) is 0.917. The van der Waals surface area contributed by atoms with Gasteiger partial charge in [0.15, 0.2) is 0 Å². The van der Waals surface area contributed by atoms with E-state index in [1.54, 1.807) is 0 Å². The van der Waals surface area contributed by atoms with Gasteiger partial charge >= 0.3 is 0 Å². The van der Waals surface area contributed by atoms with E-state index in [-0.39, 0.29) is 32.1 Å². The van der Waals surface area contributed by atoms with Crippen LogP contribution in [0, 0.1) is 0 Å². The molecule has 0 saturated carbocycles. The van der Waals surface area contributed by atoms with E-state index in [1.807, 2.05) is 0 Å². The number of sulfonamides is 1. The summed E-state index contributed by atoms with van der Waals surface area (Å²) in [5, 5.41) is 8.68. The molecule has 0 unspecified atom stereocenters. The second-order valence-electron chi connectivity index (χ2n) is 2.68. The van der Waals surface area contributed by atoms with Gasteiger partial charge in [0.2, 0.25) is 10.0 Å². The van der Waals surface area contributed by atoms with Crippen molar-refractivity contribution in [3.8, 4) is 0 Å². The summed E-state index contributed by atoms with van der Waals surface area (Å²) in [6.45, 7) is 3.73. The van der Waals surface area contributed by atoms with Gasteiger partial charge in [-0.2, -0.15) is 4.31 Å². The second-order valence-corrected chi connectivity index (χ2v) is 4.77. The first kappa shape index (κ1) is 13.6. The molecule has 0 aliphatic heterocycles. The lowest BCUT2D eigenvalue weighted by Gasteiger charge is -2.19. The Kier molecular flexibility index (Phi) is 6.73. The third-order valence-electron chi connectivity index (χ3n) is 1.62. The van der Waals surface area contributed by atoms with E-state index < -0.39 is 10.0 Å². The van der Waals surface area contributed by atoms with Gasteiger partial charge < -0.3 is 9.84 Å². The number of hydrogen-bond acceptors (Lipinski definition) is 4. The fraction of sp³-hybridized carbons (Fsp3) is 0.750. The van der Waals surface area contributed by atoms with Crippen LogP contribution in [0.1, 0.15) is 0 Å². The van der Waals surface area contributed by atoms with Crippen molar-refractivity contribution in [1.29, 1.82) is 0 Å². The Balaban J connectivity index is 4.37. The van der Waals surface area contributed by atoms with E-state index in [0.717, 1.165) is 0 Å². The number of aliphatic hydroxyl groups excluding tert-OH is 1. The van der Waals surface area contributed by atoms with Crippen LogP contribution in [0.25, 0.3) is 0 Å². The molecule has 84 valence electrons. The van der Waals surface area contributed by atoms with Crippen LogP contribution in [0.4, 0.5) is 0 Å². The molecule has 6 heteroatoms. The maximum absolute atomic E-state index is 11.6. The van der Waals surface area contributed by atoms with Gasteiger partial charge in [0.1, 0.15) is 0 Å². The highest BCUT2D eigenvalue weighted by Crippen LogP contribution is 2.01. The number of ether oxygens (including phenoxy) is 1. The summed E-state index contributed by atoms with van der Waals surface area (Å²) in [4.78, 5) is 0. The fourth-order valence-corrected chi connectivity index (χ4v) is 2.25. The molecular formula is C8H17NO4S. The van der Waals surface area contributed by atoms with Gasteiger partial charge in [-0.05, 0) is 0 Å². The van der Waals surface area contributed by atoms with Crippen molar-refractivity contribution < 1.29 is 18.3 Å². The minimum Gasteiger partial charge on any atom is -0.395 e. The number of nitrogens with zero attached hydrogens (tertiary/aromatic N) is 1. The minimum absolute atomic E-state index is 0.0721. The van der Waals surface area contributed by atoms with Crippen LogP contribution in [-0.4, -0.2) is 57.0 Å². The Morgan fingerprint density at radius 1 is 1.57 bits per heavy atom. The number of aliphatic hydroxyl groups is 1. The summed E-state index contributed by atoms with van der Waals surface area (Å²) in [6, 6.07) is 0. The van der Waals surface area contributed by atoms with Gasteiger partial charge in [-0.25, -0.2) is 8.42 Å². The highest BCUT2D eigenvalue weighted by molar-refractivity contribution is 7.89. The minimum atomic E-state index is -3.33. The first-order chi connectivity index (χ1) is 6.58. The molecule has 0 aromatic heterocycles. The largest absolute Gasteiger partial charge is 0.395 e. The SMILES string of the molecule is C=CCN(CCO)S(=O)(=O)CCOC. The van der Waals surface area contributed by atoms with Crippen LogP contribution in [-0.2, 0) is 14.8 Å². The van der Waals surface area contributed by atoms with Crippen molar-refractivity contribution in [2.45, 2.75) is 0 Å². The van der Waals surface area contributed by atoms with Crippen molar-refractivity contribution >= 4 is 10.0 Å². The average Bonchev–Trinajstić information content (AvgIpc) is 2.14. The first-order valence-electron chi connectivity index (χ1n) is 4.27. The molecule has 0 amide bonds. The predicted octanol–water partition coefficient (Wildman–Crippen LogP) is -0.557. The molecule has 0 aliphatic rings. The molecule has 0 heterocycles. The Morgan fingerprint density at radius 2 is 2.21 bits per heavy atom. The maximum atomic E-state index is 11.6. The zero-order chi connectivity index (χ0) is 11.0. The molecule has 0 rings (SSSR count). The van der Waals surface area contributed by atoms with Crippen LogP contribution in [0.15, 0.2) is 12.7 Å². The standard InChI is InChI=1S/C8H17NO4S/c1-3-4-9(5-6-10)14(11,12)8-7-13-2/h3,10H,1,4-8H2,2H3. The quantitative estimate of drug-likeness (QED) is 0.560. The Bertz CT molecular complexity index is 250. The molecule has 0 saturated heterocycles. The smallest absolute Gasteiger partial charge is 0.216 e. The molecule has 1 N–H and O–H groups in total. The first-order valence-corrected chi connectivity index (χ1v) is 5.88. The van der Waals surface area contributed by atoms with E-state index in [2.05, 4.69) is 11.3 Å². The Morgan fingerprint density at radius 3 is 2.64 bits per heavy atom. The molecule has 0 spiro atoms. The van der Waals surface area contributed by atoms with Crippen LogP contribution in [0.5, 0.6) is 0 Å². The van der Waals surface area contributed by atoms with Gasteiger partial charge in [-0.3, -0.25) is 0 Å². The molecule has 0 aliphatic carbocycles. The monoisotopic (exact) mass is 223 g/mol. The van der Waals surface area contributed by atoms with Crippen LogP contribution < -0.4 is 0 Å². The predicted molar refractivity (Wildman–Crippen MR) is 54.5 cm³/mol. The average molecular weight is 223 g/mol. The summed E-state index contributed by atoms with van der Waals surface area (Å²) in [5.74, 6) is -0.0721. The topological polar surface area (TPSA) is 66.8 Å². The second kappa shape index (κ2) is 6.94. The van der Waals surface area contributed by atoms with E-state index in [9.17, 15) is 8.42 Å². The van der Waals surface area contributed by atoms with Crippen molar-refractivity contribution in [3.63, 3.8) is 0 Å². The van der Waals surface area contributed by atoms with Gasteiger partial charge in [0.25, 0.3) is 0 Å². The van der Waals surface area contributed by atoms with Gasteiger partial charge in [0, 0.05) is 20.2 Å². The lowest BCUT2D eigenvalue weighted by atomic mass is 10.6. The van der Waals surface area contributed by atoms with Crippen LogP contribution in [0.3, 0.4) is 0 Å². The molecule has 0 bridgehead atoms. The normalized spacial score (nSPS) is 11.9. The summed E-state index contributed by atoms with van der Waals surface area (Å²) in [6.07, 6.45) is 1.49. The molecule has 5 nitrogen and oxygen atoms in total. The highest BCUT2D eigenvalue weighted by atomic mass is 32.2. The number of rotatable bonds is 8. The van der Waals surface area contributed by atoms with E-state index in [4.69, 9.17) is 5.11 Å². The van der Waals surface area contributed by atoms with E-state index in [0.29, 0.717) is 0 Å². The lowest BCUT2D eigenvalue weighted by Crippen LogP contribution is -2.36. The summed E-state index contributed by atoms with van der Waals surface area (Å²) >= 11 is 0. The zero-order valence-corrected chi connectivity index (χ0v) is 9.16. The van der Waals surface area contributed by atoms with Crippen molar-refractivity contribution in [3.05, 3.63) is 12.7 Å². The molecule has 0 fully saturated rings. The summed E-state index contributed by atoms with van der Waals surface area (Å²) < 4.78 is 29.0. The zero-order valence-electron chi connectivity index (χ0n) is 8.35. The van der Waals surface area contributed by atoms with Gasteiger partial charge in [-0.15, -0.1) is 6.58 Å². The number of hydrogen-bond donors (Lipinski definition) is 1. The lowest BCUT2D eigenvalue weighted by molar-refractivity contribution is 0.214. The third kappa shape index (κ3) is 4.71. The van der Waals surface area contributed by atoms with Crippen molar-refractivity contribution in [2.24, 2.45) is 0 Å². The Hall–Kier alpha value is -0.430. The molecular weight excluding hydrogens is 206 g/mol. The van der Waals surface area contributed by atoms with E-state index >= 15 is 0 Å². The van der Waals surface area contributed by atoms with Gasteiger partial charge in [-0.1, -0.05) is 6.08 Å². The molecule has 0 atom stereocenters. The van der Waals surface area contributed by atoms with Crippen LogP contribution >= 0.6 is 0 Å². The van der Waals surface area contributed by atoms with E-state index in [1.165, 1.54) is 17.5 Å². The highest BCUT2D eigenvalue weighted by Gasteiger charge is 2.19. The molecule has 0 aromatic carbocycles. The molecule has 14 heavy (non-hydrogen) atoms.